The average molecular weight is 435 g/mol. The second-order valence-corrected chi connectivity index (χ2v) is 7.94. The van der Waals surface area contributed by atoms with Gasteiger partial charge in [-0.25, -0.2) is 4.98 Å². The number of oxazole rings is 1. The minimum absolute atomic E-state index is 0.467. The number of hydrogen-bond acceptors (Lipinski definition) is 5. The van der Waals surface area contributed by atoms with Crippen molar-refractivity contribution in [3.05, 3.63) is 71.6 Å². The standard InChI is InChI=1S/C25H30N4O3/c1-18-8-9-21(23(12-18)31-16-19-10-11-30-15-19)13-27-25(26-2)28-14-22-17-32-24(29-22)20-6-4-3-5-7-20/h3-9,12,17,19H,10-11,13-16H2,1-2H3,(H2,26,27,28). The molecule has 1 aliphatic rings. The Kier molecular flexibility index (Phi) is 7.40. The minimum Gasteiger partial charge on any atom is -0.493 e. The summed E-state index contributed by atoms with van der Waals surface area (Å²) in [5, 5.41) is 6.65. The molecule has 0 saturated carbocycles. The number of hydrogen-bond donors (Lipinski definition) is 2. The Balaban J connectivity index is 1.31. The lowest BCUT2D eigenvalue weighted by Crippen LogP contribution is -2.36. The maximum atomic E-state index is 6.14. The molecule has 1 unspecified atom stereocenters. The van der Waals surface area contributed by atoms with Crippen LogP contribution < -0.4 is 15.4 Å². The number of aliphatic imine (C=N–C) groups is 1. The third kappa shape index (κ3) is 5.88. The van der Waals surface area contributed by atoms with E-state index in [9.17, 15) is 0 Å². The minimum atomic E-state index is 0.467. The fourth-order valence-corrected chi connectivity index (χ4v) is 3.54. The first-order chi connectivity index (χ1) is 15.7. The fraction of sp³-hybridized carbons (Fsp3) is 0.360. The quantitative estimate of drug-likeness (QED) is 0.413. The Morgan fingerprint density at radius 1 is 1.16 bits per heavy atom. The van der Waals surface area contributed by atoms with Crippen molar-refractivity contribution in [2.24, 2.45) is 10.9 Å². The molecule has 0 bridgehead atoms. The highest BCUT2D eigenvalue weighted by atomic mass is 16.5. The second-order valence-electron chi connectivity index (χ2n) is 7.94. The SMILES string of the molecule is CN=C(NCc1coc(-c2ccccc2)n1)NCc1ccc(C)cc1OCC1CCOC1. The van der Waals surface area contributed by atoms with Gasteiger partial charge in [0.1, 0.15) is 12.0 Å². The van der Waals surface area contributed by atoms with Crippen LogP contribution >= 0.6 is 0 Å². The molecule has 0 aliphatic carbocycles. The molecule has 1 atom stereocenters. The number of nitrogens with zero attached hydrogens (tertiary/aromatic N) is 2. The van der Waals surface area contributed by atoms with Crippen molar-refractivity contribution in [1.82, 2.24) is 15.6 Å². The summed E-state index contributed by atoms with van der Waals surface area (Å²) in [4.78, 5) is 8.87. The van der Waals surface area contributed by atoms with Gasteiger partial charge in [0.25, 0.3) is 0 Å². The highest BCUT2D eigenvalue weighted by Crippen LogP contribution is 2.23. The Morgan fingerprint density at radius 3 is 2.78 bits per heavy atom. The van der Waals surface area contributed by atoms with Gasteiger partial charge in [0.05, 0.1) is 25.5 Å². The third-order valence-electron chi connectivity index (χ3n) is 5.40. The maximum absolute atomic E-state index is 6.14. The van der Waals surface area contributed by atoms with E-state index in [1.807, 2.05) is 30.3 Å². The molecular formula is C25H30N4O3. The lowest BCUT2D eigenvalue weighted by atomic mass is 10.1. The van der Waals surface area contributed by atoms with Gasteiger partial charge in [-0.15, -0.1) is 0 Å². The van der Waals surface area contributed by atoms with Crippen molar-refractivity contribution < 1.29 is 13.9 Å². The van der Waals surface area contributed by atoms with Crippen LogP contribution in [-0.4, -0.2) is 37.8 Å². The maximum Gasteiger partial charge on any atom is 0.226 e. The number of rotatable bonds is 8. The zero-order valence-electron chi connectivity index (χ0n) is 18.6. The van der Waals surface area contributed by atoms with E-state index in [4.69, 9.17) is 13.9 Å². The Labute approximate surface area is 188 Å². The van der Waals surface area contributed by atoms with E-state index in [1.165, 1.54) is 5.56 Å². The van der Waals surface area contributed by atoms with Crippen LogP contribution in [0.1, 0.15) is 23.2 Å². The van der Waals surface area contributed by atoms with Crippen LogP contribution in [0.2, 0.25) is 0 Å². The van der Waals surface area contributed by atoms with Gasteiger partial charge in [0, 0.05) is 37.2 Å². The van der Waals surface area contributed by atoms with Crippen LogP contribution in [0.25, 0.3) is 11.5 Å². The lowest BCUT2D eigenvalue weighted by Gasteiger charge is -2.16. The summed E-state index contributed by atoms with van der Waals surface area (Å²) in [6.45, 7) is 5.48. The topological polar surface area (TPSA) is 80.9 Å². The first kappa shape index (κ1) is 21.9. The number of nitrogens with one attached hydrogen (secondary N) is 2. The molecule has 4 rings (SSSR count). The van der Waals surface area contributed by atoms with Crippen molar-refractivity contribution in [2.45, 2.75) is 26.4 Å². The predicted molar refractivity (Wildman–Crippen MR) is 125 cm³/mol. The van der Waals surface area contributed by atoms with E-state index in [0.29, 0.717) is 37.5 Å². The van der Waals surface area contributed by atoms with Crippen molar-refractivity contribution in [3.63, 3.8) is 0 Å². The van der Waals surface area contributed by atoms with Crippen LogP contribution in [0, 0.1) is 12.8 Å². The number of guanidine groups is 1. The van der Waals surface area contributed by atoms with Crippen molar-refractivity contribution in [2.75, 3.05) is 26.9 Å². The van der Waals surface area contributed by atoms with Gasteiger partial charge >= 0.3 is 0 Å². The lowest BCUT2D eigenvalue weighted by molar-refractivity contribution is 0.166. The zero-order chi connectivity index (χ0) is 22.2. The summed E-state index contributed by atoms with van der Waals surface area (Å²) >= 11 is 0. The van der Waals surface area contributed by atoms with E-state index in [0.717, 1.165) is 42.2 Å². The van der Waals surface area contributed by atoms with Gasteiger partial charge in [0.2, 0.25) is 5.89 Å². The van der Waals surface area contributed by atoms with Crippen molar-refractivity contribution in [3.8, 4) is 17.2 Å². The van der Waals surface area contributed by atoms with Gasteiger partial charge in [-0.2, -0.15) is 0 Å². The monoisotopic (exact) mass is 434 g/mol. The van der Waals surface area contributed by atoms with E-state index in [2.05, 4.69) is 45.7 Å². The summed E-state index contributed by atoms with van der Waals surface area (Å²) in [5.41, 5.74) is 4.03. The van der Waals surface area contributed by atoms with Gasteiger partial charge in [-0.1, -0.05) is 30.3 Å². The molecule has 2 aromatic carbocycles. The molecule has 1 saturated heterocycles. The zero-order valence-corrected chi connectivity index (χ0v) is 18.6. The van der Waals surface area contributed by atoms with Gasteiger partial charge in [0.15, 0.2) is 5.96 Å². The van der Waals surface area contributed by atoms with E-state index in [1.54, 1.807) is 13.3 Å². The number of benzene rings is 2. The normalized spacial score (nSPS) is 16.2. The molecule has 1 aromatic heterocycles. The first-order valence-corrected chi connectivity index (χ1v) is 11.0. The number of ether oxygens (including phenoxy) is 2. The average Bonchev–Trinajstić information content (AvgIpc) is 3.52. The summed E-state index contributed by atoms with van der Waals surface area (Å²) in [6.07, 6.45) is 2.73. The van der Waals surface area contributed by atoms with Crippen LogP contribution in [0.3, 0.4) is 0 Å². The van der Waals surface area contributed by atoms with E-state index < -0.39 is 0 Å². The Bertz CT molecular complexity index is 1030. The molecule has 0 amide bonds. The van der Waals surface area contributed by atoms with Gasteiger partial charge in [-0.3, -0.25) is 4.99 Å². The number of aryl methyl sites for hydroxylation is 1. The molecule has 1 aliphatic heterocycles. The fourth-order valence-electron chi connectivity index (χ4n) is 3.54. The number of aromatic nitrogens is 1. The molecule has 2 N–H and O–H groups in total. The summed E-state index contributed by atoms with van der Waals surface area (Å²) < 4.78 is 17.2. The second kappa shape index (κ2) is 10.8. The van der Waals surface area contributed by atoms with Crippen molar-refractivity contribution >= 4 is 5.96 Å². The van der Waals surface area contributed by atoms with E-state index >= 15 is 0 Å². The highest BCUT2D eigenvalue weighted by molar-refractivity contribution is 5.79. The van der Waals surface area contributed by atoms with Gasteiger partial charge in [-0.05, 0) is 37.1 Å². The summed E-state index contributed by atoms with van der Waals surface area (Å²) in [7, 11) is 1.75. The molecule has 1 fully saturated rings. The smallest absolute Gasteiger partial charge is 0.226 e. The van der Waals surface area contributed by atoms with Crippen LogP contribution in [-0.2, 0) is 17.8 Å². The van der Waals surface area contributed by atoms with Crippen molar-refractivity contribution in [1.29, 1.82) is 0 Å². The summed E-state index contributed by atoms with van der Waals surface area (Å²) in [5.74, 6) is 2.67. The Morgan fingerprint density at radius 2 is 2.00 bits per heavy atom. The molecule has 3 aromatic rings. The molecule has 7 nitrogen and oxygen atoms in total. The Hall–Kier alpha value is -3.32. The third-order valence-corrected chi connectivity index (χ3v) is 5.40. The molecule has 0 radical (unpaired) electrons. The highest BCUT2D eigenvalue weighted by Gasteiger charge is 2.17. The predicted octanol–water partition coefficient (Wildman–Crippen LogP) is 3.93. The first-order valence-electron chi connectivity index (χ1n) is 11.0. The largest absolute Gasteiger partial charge is 0.493 e. The summed E-state index contributed by atoms with van der Waals surface area (Å²) in [6, 6.07) is 16.1. The molecular weight excluding hydrogens is 404 g/mol. The van der Waals surface area contributed by atoms with Crippen LogP contribution in [0.4, 0.5) is 0 Å². The van der Waals surface area contributed by atoms with E-state index in [-0.39, 0.29) is 0 Å². The van der Waals surface area contributed by atoms with Crippen LogP contribution in [0.5, 0.6) is 5.75 Å². The molecule has 2 heterocycles. The van der Waals surface area contributed by atoms with Gasteiger partial charge < -0.3 is 24.5 Å². The molecule has 0 spiro atoms. The molecule has 7 heteroatoms. The van der Waals surface area contributed by atoms with Crippen LogP contribution in [0.15, 0.2) is 64.2 Å². The molecule has 168 valence electrons. The molecule has 32 heavy (non-hydrogen) atoms.